The van der Waals surface area contributed by atoms with E-state index in [1.165, 1.54) is 24.1 Å². The van der Waals surface area contributed by atoms with Gasteiger partial charge in [0, 0.05) is 18.9 Å². The van der Waals surface area contributed by atoms with Gasteiger partial charge in [-0.1, -0.05) is 36.4 Å². The Morgan fingerprint density at radius 1 is 0.955 bits per heavy atom. The number of piperidine rings is 1. The van der Waals surface area contributed by atoms with E-state index in [0.29, 0.717) is 0 Å². The van der Waals surface area contributed by atoms with Crippen molar-refractivity contribution in [1.82, 2.24) is 14.3 Å². The second-order valence-corrected chi connectivity index (χ2v) is 6.16. The van der Waals surface area contributed by atoms with E-state index in [2.05, 4.69) is 58.1 Å². The van der Waals surface area contributed by atoms with Crippen molar-refractivity contribution in [3.63, 3.8) is 0 Å². The highest BCUT2D eigenvalue weighted by atomic mass is 15.1. The predicted molar refractivity (Wildman–Crippen MR) is 88.9 cm³/mol. The molecule has 0 bridgehead atoms. The zero-order valence-electron chi connectivity index (χ0n) is 12.7. The first-order valence-corrected chi connectivity index (χ1v) is 8.08. The van der Waals surface area contributed by atoms with E-state index in [-0.39, 0.29) is 0 Å². The number of fused-ring (bicyclic) bond motifs is 1. The Kier molecular flexibility index (Phi) is 3.65. The van der Waals surface area contributed by atoms with Gasteiger partial charge in [-0.3, -0.25) is 4.90 Å². The fourth-order valence-corrected chi connectivity index (χ4v) is 3.44. The third-order valence-electron chi connectivity index (χ3n) is 4.66. The number of hydrogen-bond acceptors (Lipinski definition) is 2. The molecule has 0 aliphatic carbocycles. The molecule has 1 aliphatic heterocycles. The Morgan fingerprint density at radius 3 is 2.50 bits per heavy atom. The molecule has 0 amide bonds. The maximum atomic E-state index is 4.71. The van der Waals surface area contributed by atoms with Crippen molar-refractivity contribution in [2.45, 2.75) is 25.3 Å². The highest BCUT2D eigenvalue weighted by Crippen LogP contribution is 2.28. The van der Waals surface area contributed by atoms with E-state index >= 15 is 0 Å². The van der Waals surface area contributed by atoms with Gasteiger partial charge in [0.25, 0.3) is 0 Å². The Morgan fingerprint density at radius 2 is 1.73 bits per heavy atom. The Balaban J connectivity index is 1.39. The summed E-state index contributed by atoms with van der Waals surface area (Å²) in [7, 11) is 0. The molecule has 0 radical (unpaired) electrons. The van der Waals surface area contributed by atoms with Crippen molar-refractivity contribution in [3.05, 3.63) is 72.2 Å². The molecule has 0 unspecified atom stereocenters. The quantitative estimate of drug-likeness (QED) is 0.733. The molecule has 3 aromatic rings. The number of likely N-dealkylation sites (tertiary alicyclic amines) is 1. The molecule has 0 saturated carbocycles. The maximum Gasteiger partial charge on any atom is 0.137 e. The van der Waals surface area contributed by atoms with Crippen molar-refractivity contribution >= 4 is 5.65 Å². The van der Waals surface area contributed by atoms with Crippen LogP contribution in [-0.4, -0.2) is 27.4 Å². The average molecular weight is 291 g/mol. The van der Waals surface area contributed by atoms with Gasteiger partial charge in [-0.05, 0) is 49.5 Å². The molecule has 112 valence electrons. The summed E-state index contributed by atoms with van der Waals surface area (Å²) < 4.78 is 2.10. The highest BCUT2D eigenvalue weighted by molar-refractivity contribution is 5.39. The minimum absolute atomic E-state index is 0.721. The first kappa shape index (κ1) is 13.5. The molecule has 1 saturated heterocycles. The van der Waals surface area contributed by atoms with Crippen LogP contribution in [0.5, 0.6) is 0 Å². The van der Waals surface area contributed by atoms with Gasteiger partial charge in [0.1, 0.15) is 5.65 Å². The molecule has 2 aromatic heterocycles. The minimum atomic E-state index is 0.721. The van der Waals surface area contributed by atoms with Crippen LogP contribution in [0.4, 0.5) is 0 Å². The summed E-state index contributed by atoms with van der Waals surface area (Å²) in [5.74, 6) is 0.721. The summed E-state index contributed by atoms with van der Waals surface area (Å²) in [6.45, 7) is 3.28. The minimum Gasteiger partial charge on any atom is -0.307 e. The van der Waals surface area contributed by atoms with Crippen LogP contribution in [0.2, 0.25) is 0 Å². The molecule has 0 N–H and O–H groups in total. The SMILES string of the molecule is c1ccc(C2CCN(Cc3cn4ccccc4n3)CC2)cc1. The lowest BCUT2D eigenvalue weighted by Crippen LogP contribution is -2.32. The molecular formula is C19H21N3. The van der Waals surface area contributed by atoms with Gasteiger partial charge in [0.05, 0.1) is 5.69 Å². The van der Waals surface area contributed by atoms with Gasteiger partial charge in [0.15, 0.2) is 0 Å². The van der Waals surface area contributed by atoms with Crippen LogP contribution < -0.4 is 0 Å². The van der Waals surface area contributed by atoms with Crippen LogP contribution in [0.1, 0.15) is 30.0 Å². The number of benzene rings is 1. The van der Waals surface area contributed by atoms with Gasteiger partial charge >= 0.3 is 0 Å². The summed E-state index contributed by atoms with van der Waals surface area (Å²) in [5, 5.41) is 0. The summed E-state index contributed by atoms with van der Waals surface area (Å²) in [4.78, 5) is 7.23. The number of pyridine rings is 1. The summed E-state index contributed by atoms with van der Waals surface area (Å²) in [6, 6.07) is 17.1. The van der Waals surface area contributed by atoms with Crippen LogP contribution in [0.25, 0.3) is 5.65 Å². The highest BCUT2D eigenvalue weighted by Gasteiger charge is 2.20. The third-order valence-corrected chi connectivity index (χ3v) is 4.66. The average Bonchev–Trinajstić information content (AvgIpc) is 2.98. The monoisotopic (exact) mass is 291 g/mol. The Bertz CT molecular complexity index is 706. The number of aromatic nitrogens is 2. The molecule has 0 atom stereocenters. The topological polar surface area (TPSA) is 20.5 Å². The van der Waals surface area contributed by atoms with Gasteiger partial charge in [-0.15, -0.1) is 0 Å². The van der Waals surface area contributed by atoms with Crippen molar-refractivity contribution in [1.29, 1.82) is 0 Å². The van der Waals surface area contributed by atoms with Crippen molar-refractivity contribution < 1.29 is 0 Å². The van der Waals surface area contributed by atoms with Gasteiger partial charge < -0.3 is 4.40 Å². The smallest absolute Gasteiger partial charge is 0.137 e. The standard InChI is InChI=1S/C19H21N3/c1-2-6-16(7-3-1)17-9-12-21(13-10-17)14-18-15-22-11-5-4-8-19(22)20-18/h1-8,11,15,17H,9-10,12-14H2. The largest absolute Gasteiger partial charge is 0.307 e. The number of nitrogens with zero attached hydrogens (tertiary/aromatic N) is 3. The summed E-state index contributed by atoms with van der Waals surface area (Å²) >= 11 is 0. The lowest BCUT2D eigenvalue weighted by molar-refractivity contribution is 0.203. The lowest BCUT2D eigenvalue weighted by atomic mass is 9.89. The number of imidazole rings is 1. The van der Waals surface area contributed by atoms with Crippen LogP contribution in [0, 0.1) is 0 Å². The molecule has 1 fully saturated rings. The first-order chi connectivity index (χ1) is 10.9. The second-order valence-electron chi connectivity index (χ2n) is 6.16. The van der Waals surface area contributed by atoms with E-state index in [4.69, 9.17) is 4.98 Å². The van der Waals surface area contributed by atoms with Gasteiger partial charge in [-0.2, -0.15) is 0 Å². The fourth-order valence-electron chi connectivity index (χ4n) is 3.44. The molecule has 1 aromatic carbocycles. The molecule has 0 spiro atoms. The molecule has 22 heavy (non-hydrogen) atoms. The lowest BCUT2D eigenvalue weighted by Gasteiger charge is -2.31. The van der Waals surface area contributed by atoms with Crippen molar-refractivity contribution in [2.24, 2.45) is 0 Å². The van der Waals surface area contributed by atoms with Crippen LogP contribution in [0.3, 0.4) is 0 Å². The summed E-state index contributed by atoms with van der Waals surface area (Å²) in [6.07, 6.45) is 6.71. The Hall–Kier alpha value is -2.13. The fraction of sp³-hybridized carbons (Fsp3) is 0.316. The molecule has 3 heteroatoms. The van der Waals surface area contributed by atoms with Crippen LogP contribution >= 0.6 is 0 Å². The first-order valence-electron chi connectivity index (χ1n) is 8.08. The zero-order chi connectivity index (χ0) is 14.8. The summed E-state index contributed by atoms with van der Waals surface area (Å²) in [5.41, 5.74) is 3.70. The third kappa shape index (κ3) is 2.77. The van der Waals surface area contributed by atoms with E-state index < -0.39 is 0 Å². The molecule has 1 aliphatic rings. The zero-order valence-corrected chi connectivity index (χ0v) is 12.7. The number of hydrogen-bond donors (Lipinski definition) is 0. The molecular weight excluding hydrogens is 270 g/mol. The van der Waals surface area contributed by atoms with Gasteiger partial charge in [-0.25, -0.2) is 4.98 Å². The van der Waals surface area contributed by atoms with E-state index in [1.807, 2.05) is 12.1 Å². The predicted octanol–water partition coefficient (Wildman–Crippen LogP) is 3.71. The normalized spacial score (nSPS) is 17.1. The number of rotatable bonds is 3. The van der Waals surface area contributed by atoms with Gasteiger partial charge in [0.2, 0.25) is 0 Å². The maximum absolute atomic E-state index is 4.71. The van der Waals surface area contributed by atoms with Crippen molar-refractivity contribution in [2.75, 3.05) is 13.1 Å². The Labute approximate surface area is 131 Å². The van der Waals surface area contributed by atoms with Crippen LogP contribution in [-0.2, 0) is 6.54 Å². The molecule has 4 rings (SSSR count). The van der Waals surface area contributed by atoms with E-state index in [1.54, 1.807) is 0 Å². The second kappa shape index (κ2) is 5.93. The molecule has 3 heterocycles. The van der Waals surface area contributed by atoms with E-state index in [0.717, 1.165) is 31.2 Å². The van der Waals surface area contributed by atoms with E-state index in [9.17, 15) is 0 Å². The van der Waals surface area contributed by atoms with Crippen LogP contribution in [0.15, 0.2) is 60.9 Å². The molecule has 3 nitrogen and oxygen atoms in total. The van der Waals surface area contributed by atoms with Crippen molar-refractivity contribution in [3.8, 4) is 0 Å².